The van der Waals surface area contributed by atoms with Gasteiger partial charge in [0.15, 0.2) is 0 Å². The molecule has 0 aliphatic heterocycles. The van der Waals surface area contributed by atoms with Crippen LogP contribution in [0, 0.1) is 6.92 Å². The molecule has 7 nitrogen and oxygen atoms in total. The van der Waals surface area contributed by atoms with Gasteiger partial charge in [0.25, 0.3) is 5.56 Å². The average Bonchev–Trinajstić information content (AvgIpc) is 3.03. The highest BCUT2D eigenvalue weighted by atomic mass is 32.1. The Labute approximate surface area is 178 Å². The molecular formula is C22H25N3O4S. The lowest BCUT2D eigenvalue weighted by Gasteiger charge is -2.23. The SMILES string of the molecule is C=CCOC(=O)c1sc2nc(CN(Cc3ccccc3)CC(C)O)[nH]c(=O)c2c1C. The van der Waals surface area contributed by atoms with Crippen molar-refractivity contribution in [3.05, 3.63) is 75.2 Å². The Morgan fingerprint density at radius 1 is 1.37 bits per heavy atom. The summed E-state index contributed by atoms with van der Waals surface area (Å²) in [5.41, 5.74) is 1.37. The third-order valence-corrected chi connectivity index (χ3v) is 5.68. The molecule has 3 aromatic rings. The summed E-state index contributed by atoms with van der Waals surface area (Å²) in [5, 5.41) is 10.3. The van der Waals surface area contributed by atoms with E-state index in [4.69, 9.17) is 4.74 Å². The lowest BCUT2D eigenvalue weighted by atomic mass is 10.2. The number of nitrogens with zero attached hydrogens (tertiary/aromatic N) is 2. The van der Waals surface area contributed by atoms with E-state index in [2.05, 4.69) is 16.5 Å². The minimum absolute atomic E-state index is 0.106. The zero-order valence-corrected chi connectivity index (χ0v) is 17.9. The average molecular weight is 428 g/mol. The van der Waals surface area contributed by atoms with E-state index in [0.29, 0.717) is 46.1 Å². The first-order valence-corrected chi connectivity index (χ1v) is 10.4. The molecule has 1 atom stereocenters. The topological polar surface area (TPSA) is 95.5 Å². The van der Waals surface area contributed by atoms with Crippen molar-refractivity contribution < 1.29 is 14.6 Å². The summed E-state index contributed by atoms with van der Waals surface area (Å²) in [4.78, 5) is 35.2. The zero-order valence-electron chi connectivity index (χ0n) is 17.1. The highest BCUT2D eigenvalue weighted by Gasteiger charge is 2.21. The maximum absolute atomic E-state index is 12.7. The van der Waals surface area contributed by atoms with Crippen molar-refractivity contribution in [1.29, 1.82) is 0 Å². The summed E-state index contributed by atoms with van der Waals surface area (Å²) >= 11 is 1.15. The number of thiophene rings is 1. The Morgan fingerprint density at radius 2 is 2.10 bits per heavy atom. The fourth-order valence-corrected chi connectivity index (χ4v) is 4.36. The van der Waals surface area contributed by atoms with Gasteiger partial charge in [-0.2, -0.15) is 0 Å². The number of benzene rings is 1. The highest BCUT2D eigenvalue weighted by Crippen LogP contribution is 2.27. The van der Waals surface area contributed by atoms with E-state index < -0.39 is 12.1 Å². The number of rotatable bonds is 9. The molecule has 158 valence electrons. The monoisotopic (exact) mass is 427 g/mol. The molecule has 0 aliphatic carbocycles. The van der Waals surface area contributed by atoms with Gasteiger partial charge in [-0.15, -0.1) is 11.3 Å². The van der Waals surface area contributed by atoms with Crippen LogP contribution in [0.1, 0.15) is 33.5 Å². The Hall–Kier alpha value is -2.81. The van der Waals surface area contributed by atoms with Crippen LogP contribution in [0.4, 0.5) is 0 Å². The van der Waals surface area contributed by atoms with Crippen LogP contribution in [0.15, 0.2) is 47.8 Å². The van der Waals surface area contributed by atoms with Crippen molar-refractivity contribution in [2.45, 2.75) is 33.0 Å². The fourth-order valence-electron chi connectivity index (χ4n) is 3.27. The van der Waals surface area contributed by atoms with Crippen LogP contribution in [0.25, 0.3) is 10.2 Å². The summed E-state index contributed by atoms with van der Waals surface area (Å²) in [6.45, 7) is 8.47. The molecule has 30 heavy (non-hydrogen) atoms. The number of aryl methyl sites for hydroxylation is 1. The minimum Gasteiger partial charge on any atom is -0.457 e. The fraction of sp³-hybridized carbons (Fsp3) is 0.318. The predicted octanol–water partition coefficient (Wildman–Crippen LogP) is 3.02. The third-order valence-electron chi connectivity index (χ3n) is 4.51. The van der Waals surface area contributed by atoms with Gasteiger partial charge in [-0.3, -0.25) is 9.69 Å². The maximum atomic E-state index is 12.7. The number of aliphatic hydroxyl groups is 1. The highest BCUT2D eigenvalue weighted by molar-refractivity contribution is 7.20. The molecule has 2 N–H and O–H groups in total. The van der Waals surface area contributed by atoms with E-state index >= 15 is 0 Å². The normalized spacial score (nSPS) is 12.3. The summed E-state index contributed by atoms with van der Waals surface area (Å²) < 4.78 is 5.11. The Morgan fingerprint density at radius 3 is 2.77 bits per heavy atom. The van der Waals surface area contributed by atoms with Gasteiger partial charge in [0.1, 0.15) is 22.1 Å². The smallest absolute Gasteiger partial charge is 0.348 e. The Balaban J connectivity index is 1.89. The number of esters is 1. The van der Waals surface area contributed by atoms with Crippen LogP contribution in [0.3, 0.4) is 0 Å². The molecule has 0 amide bonds. The van der Waals surface area contributed by atoms with Crippen molar-refractivity contribution in [1.82, 2.24) is 14.9 Å². The van der Waals surface area contributed by atoms with Crippen LogP contribution < -0.4 is 5.56 Å². The van der Waals surface area contributed by atoms with Crippen LogP contribution in [-0.4, -0.2) is 45.2 Å². The van der Waals surface area contributed by atoms with Gasteiger partial charge in [0.05, 0.1) is 18.0 Å². The second-order valence-corrected chi connectivity index (χ2v) is 8.14. The molecule has 0 saturated heterocycles. The summed E-state index contributed by atoms with van der Waals surface area (Å²) in [6.07, 6.45) is 0.965. The summed E-state index contributed by atoms with van der Waals surface area (Å²) in [6, 6.07) is 9.90. The van der Waals surface area contributed by atoms with Gasteiger partial charge in [0.2, 0.25) is 0 Å². The van der Waals surface area contributed by atoms with Gasteiger partial charge < -0.3 is 14.8 Å². The summed E-state index contributed by atoms with van der Waals surface area (Å²) in [5.74, 6) is -0.00694. The molecule has 0 fully saturated rings. The largest absolute Gasteiger partial charge is 0.457 e. The van der Waals surface area contributed by atoms with E-state index in [1.807, 2.05) is 35.2 Å². The van der Waals surface area contributed by atoms with Crippen molar-refractivity contribution in [2.75, 3.05) is 13.2 Å². The first kappa shape index (κ1) is 21.9. The lowest BCUT2D eigenvalue weighted by Crippen LogP contribution is -2.31. The van der Waals surface area contributed by atoms with E-state index in [-0.39, 0.29) is 12.2 Å². The molecule has 0 saturated carbocycles. The van der Waals surface area contributed by atoms with E-state index in [9.17, 15) is 14.7 Å². The third kappa shape index (κ3) is 5.21. The van der Waals surface area contributed by atoms with Gasteiger partial charge in [-0.1, -0.05) is 43.0 Å². The molecule has 8 heteroatoms. The number of hydrogen-bond acceptors (Lipinski definition) is 7. The zero-order chi connectivity index (χ0) is 21.7. The number of fused-ring (bicyclic) bond motifs is 1. The second-order valence-electron chi connectivity index (χ2n) is 7.14. The quantitative estimate of drug-likeness (QED) is 0.403. The molecule has 3 rings (SSSR count). The number of H-pyrrole nitrogens is 1. The van der Waals surface area contributed by atoms with Crippen molar-refractivity contribution >= 4 is 27.5 Å². The van der Waals surface area contributed by atoms with Crippen LogP contribution in [0.2, 0.25) is 0 Å². The van der Waals surface area contributed by atoms with E-state index in [1.54, 1.807) is 13.8 Å². The first-order valence-electron chi connectivity index (χ1n) is 9.63. The Bertz CT molecular complexity index is 1090. The van der Waals surface area contributed by atoms with Crippen LogP contribution >= 0.6 is 11.3 Å². The van der Waals surface area contributed by atoms with E-state index in [0.717, 1.165) is 16.9 Å². The van der Waals surface area contributed by atoms with Gasteiger partial charge in [-0.05, 0) is 25.0 Å². The lowest BCUT2D eigenvalue weighted by molar-refractivity contribution is 0.0554. The molecule has 1 unspecified atom stereocenters. The number of hydrogen-bond donors (Lipinski definition) is 2. The number of aliphatic hydroxyl groups excluding tert-OH is 1. The second kappa shape index (κ2) is 9.80. The number of carbonyl (C=O) groups is 1. The molecule has 0 radical (unpaired) electrons. The first-order chi connectivity index (χ1) is 14.4. The van der Waals surface area contributed by atoms with Crippen molar-refractivity contribution in [3.63, 3.8) is 0 Å². The van der Waals surface area contributed by atoms with Gasteiger partial charge >= 0.3 is 5.97 Å². The molecular weight excluding hydrogens is 402 g/mol. The molecule has 0 bridgehead atoms. The van der Waals surface area contributed by atoms with Crippen LogP contribution in [-0.2, 0) is 17.8 Å². The van der Waals surface area contributed by atoms with Gasteiger partial charge in [-0.25, -0.2) is 9.78 Å². The molecule has 0 spiro atoms. The van der Waals surface area contributed by atoms with Crippen molar-refractivity contribution in [2.24, 2.45) is 0 Å². The standard InChI is InChI=1S/C22H25N3O4S/c1-4-10-29-22(28)19-15(3)18-20(27)23-17(24-21(18)30-19)13-25(11-14(2)26)12-16-8-6-5-7-9-16/h4-9,14,26H,1,10-13H2,2-3H3,(H,23,24,27). The number of carbonyl (C=O) groups excluding carboxylic acids is 1. The number of aromatic nitrogens is 2. The molecule has 2 aromatic heterocycles. The van der Waals surface area contributed by atoms with E-state index in [1.165, 1.54) is 6.08 Å². The molecule has 1 aromatic carbocycles. The van der Waals surface area contributed by atoms with Gasteiger partial charge in [0, 0.05) is 13.1 Å². The number of nitrogens with one attached hydrogen (secondary N) is 1. The maximum Gasteiger partial charge on any atom is 0.348 e. The summed E-state index contributed by atoms with van der Waals surface area (Å²) in [7, 11) is 0. The number of aromatic amines is 1. The van der Waals surface area contributed by atoms with Crippen LogP contribution in [0.5, 0.6) is 0 Å². The Kier molecular flexibility index (Phi) is 7.15. The molecule has 2 heterocycles. The predicted molar refractivity (Wildman–Crippen MR) is 118 cm³/mol. The van der Waals surface area contributed by atoms with Crippen molar-refractivity contribution in [3.8, 4) is 0 Å². The number of ether oxygens (including phenoxy) is 1. The minimum atomic E-state index is -0.528. The molecule has 0 aliphatic rings.